The fourth-order valence-corrected chi connectivity index (χ4v) is 3.57. The highest BCUT2D eigenvalue weighted by Gasteiger charge is 2.38. The molecule has 0 fully saturated rings. The molecule has 8 nitrogen and oxygen atoms in total. The highest BCUT2D eigenvalue weighted by atomic mass is 31.2. The molecule has 1 atom stereocenters. The molecule has 12 heteroatoms. The van der Waals surface area contributed by atoms with Crippen molar-refractivity contribution in [3.05, 3.63) is 35.4 Å². The van der Waals surface area contributed by atoms with Crippen molar-refractivity contribution >= 4 is 19.5 Å². The number of carboxylic acids is 2. The van der Waals surface area contributed by atoms with Gasteiger partial charge in [0, 0.05) is 0 Å². The van der Waals surface area contributed by atoms with Crippen molar-refractivity contribution in [2.45, 2.75) is 38.6 Å². The quantitative estimate of drug-likeness (QED) is 0.510. The Labute approximate surface area is 160 Å². The zero-order chi connectivity index (χ0) is 22.0. The minimum absolute atomic E-state index is 0.194. The molecule has 1 rings (SSSR count). The van der Waals surface area contributed by atoms with E-state index >= 15 is 0 Å². The van der Waals surface area contributed by atoms with Crippen molar-refractivity contribution < 1.29 is 46.6 Å². The predicted octanol–water partition coefficient (Wildman–Crippen LogP) is 3.04. The third-order valence-electron chi connectivity index (χ3n) is 3.07. The molecule has 0 unspecified atom stereocenters. The Morgan fingerprint density at radius 3 is 1.79 bits per heavy atom. The van der Waals surface area contributed by atoms with Crippen LogP contribution in [0.1, 0.15) is 25.0 Å². The van der Waals surface area contributed by atoms with E-state index in [1.165, 1.54) is 0 Å². The van der Waals surface area contributed by atoms with Crippen LogP contribution in [0.2, 0.25) is 0 Å². The number of benzene rings is 1. The van der Waals surface area contributed by atoms with Crippen LogP contribution in [-0.4, -0.2) is 47.6 Å². The number of hydrogen-bond donors (Lipinski definition) is 3. The van der Waals surface area contributed by atoms with Crippen LogP contribution < -0.4 is 5.73 Å². The van der Waals surface area contributed by atoms with Crippen LogP contribution in [0.15, 0.2) is 24.3 Å². The van der Waals surface area contributed by atoms with Gasteiger partial charge in [0.1, 0.15) is 6.04 Å². The number of carboxylic acid groups (broad SMARTS) is 2. The lowest BCUT2D eigenvalue weighted by Gasteiger charge is -2.17. The number of nitrogens with two attached hydrogens (primary N) is 1. The summed E-state index contributed by atoms with van der Waals surface area (Å²) in [4.78, 5) is 19.6. The lowest BCUT2D eigenvalue weighted by molar-refractivity contribution is -0.192. The SMILES string of the molecule is CCOP(=O)(Cc1ccc(C[C@H](N)C(=O)O)cc1)OCC.O=C(O)C(F)(F)F. The first-order valence-electron chi connectivity index (χ1n) is 8.09. The number of carbonyl (C=O) groups is 2. The summed E-state index contributed by atoms with van der Waals surface area (Å²) < 4.78 is 54.6. The van der Waals surface area contributed by atoms with Crippen molar-refractivity contribution in [1.82, 2.24) is 0 Å². The molecule has 4 N–H and O–H groups in total. The van der Waals surface area contributed by atoms with Crippen LogP contribution in [0, 0.1) is 0 Å². The van der Waals surface area contributed by atoms with Crippen LogP contribution in [0.5, 0.6) is 0 Å². The molecule has 0 aliphatic carbocycles. The van der Waals surface area contributed by atoms with Crippen molar-refractivity contribution in [3.8, 4) is 0 Å². The van der Waals surface area contributed by atoms with Gasteiger partial charge in [-0.1, -0.05) is 24.3 Å². The molecule has 28 heavy (non-hydrogen) atoms. The van der Waals surface area contributed by atoms with Gasteiger partial charge in [-0.05, 0) is 31.4 Å². The molecule has 1 aromatic carbocycles. The first kappa shape index (κ1) is 26.1. The lowest BCUT2D eigenvalue weighted by Crippen LogP contribution is -2.32. The maximum absolute atomic E-state index is 12.4. The maximum atomic E-state index is 12.4. The van der Waals surface area contributed by atoms with Crippen molar-refractivity contribution in [2.75, 3.05) is 13.2 Å². The van der Waals surface area contributed by atoms with Gasteiger partial charge in [-0.25, -0.2) is 4.79 Å². The molecular weight excluding hydrogens is 406 g/mol. The Hall–Kier alpha value is -1.94. The summed E-state index contributed by atoms with van der Waals surface area (Å²) >= 11 is 0. The summed E-state index contributed by atoms with van der Waals surface area (Å²) in [6.45, 7) is 4.18. The van der Waals surface area contributed by atoms with E-state index in [0.717, 1.165) is 11.1 Å². The Balaban J connectivity index is 0.000000887. The Bertz CT molecular complexity index is 670. The number of rotatable bonds is 9. The lowest BCUT2D eigenvalue weighted by atomic mass is 10.1. The van der Waals surface area contributed by atoms with E-state index in [-0.39, 0.29) is 12.6 Å². The van der Waals surface area contributed by atoms with Gasteiger partial charge in [-0.15, -0.1) is 0 Å². The van der Waals surface area contributed by atoms with Crippen LogP contribution >= 0.6 is 7.60 Å². The first-order valence-corrected chi connectivity index (χ1v) is 9.81. The van der Waals surface area contributed by atoms with Gasteiger partial charge >= 0.3 is 25.7 Å². The predicted molar refractivity (Wildman–Crippen MR) is 94.0 cm³/mol. The number of hydrogen-bond acceptors (Lipinski definition) is 6. The summed E-state index contributed by atoms with van der Waals surface area (Å²) in [6, 6.07) is 6.21. The van der Waals surface area contributed by atoms with E-state index in [2.05, 4.69) is 0 Å². The van der Waals surface area contributed by atoms with E-state index < -0.39 is 31.8 Å². The highest BCUT2D eigenvalue weighted by Crippen LogP contribution is 2.51. The van der Waals surface area contributed by atoms with Crippen molar-refractivity contribution in [3.63, 3.8) is 0 Å². The largest absolute Gasteiger partial charge is 0.490 e. The van der Waals surface area contributed by atoms with Gasteiger partial charge in [-0.3, -0.25) is 9.36 Å². The van der Waals surface area contributed by atoms with Gasteiger partial charge in [-0.2, -0.15) is 13.2 Å². The van der Waals surface area contributed by atoms with Crippen LogP contribution in [-0.2, 0) is 35.8 Å². The second kappa shape index (κ2) is 11.8. The van der Waals surface area contributed by atoms with Gasteiger partial charge in [0.25, 0.3) is 0 Å². The standard InChI is InChI=1S/C14H22NO5P.C2HF3O2/c1-3-19-21(18,20-4-2)10-12-7-5-11(6-8-12)9-13(15)14(16)17;3-2(4,5)1(6)7/h5-8,13H,3-4,9-10,15H2,1-2H3,(H,16,17);(H,6,7)/t13-;/m0./s1. The molecule has 0 aliphatic heterocycles. The number of aliphatic carboxylic acids is 2. The third kappa shape index (κ3) is 10.4. The summed E-state index contributed by atoms with van der Waals surface area (Å²) in [7, 11) is -3.12. The summed E-state index contributed by atoms with van der Waals surface area (Å²) in [5.41, 5.74) is 7.11. The van der Waals surface area contributed by atoms with Gasteiger partial charge < -0.3 is 25.0 Å². The summed E-state index contributed by atoms with van der Waals surface area (Å²) in [6.07, 6.45) is -4.63. The fourth-order valence-electron chi connectivity index (χ4n) is 1.87. The zero-order valence-corrected chi connectivity index (χ0v) is 16.2. The van der Waals surface area contributed by atoms with Crippen LogP contribution in [0.4, 0.5) is 13.2 Å². The monoisotopic (exact) mass is 429 g/mol. The number of alkyl halides is 3. The molecule has 0 saturated heterocycles. The highest BCUT2D eigenvalue weighted by molar-refractivity contribution is 7.53. The Kier molecular flexibility index (Phi) is 11.0. The summed E-state index contributed by atoms with van der Waals surface area (Å²) in [5, 5.41) is 15.9. The molecule has 0 saturated carbocycles. The van der Waals surface area contributed by atoms with Crippen LogP contribution in [0.3, 0.4) is 0 Å². The first-order chi connectivity index (χ1) is 12.8. The van der Waals surface area contributed by atoms with E-state index in [4.69, 9.17) is 29.8 Å². The summed E-state index contributed by atoms with van der Waals surface area (Å²) in [5.74, 6) is -3.79. The molecule has 0 radical (unpaired) electrons. The Morgan fingerprint density at radius 2 is 1.46 bits per heavy atom. The van der Waals surface area contributed by atoms with Crippen molar-refractivity contribution in [2.24, 2.45) is 5.73 Å². The zero-order valence-electron chi connectivity index (χ0n) is 15.3. The average Bonchev–Trinajstić information content (AvgIpc) is 2.56. The van der Waals surface area contributed by atoms with E-state index in [1.807, 2.05) is 0 Å². The van der Waals surface area contributed by atoms with Crippen molar-refractivity contribution in [1.29, 1.82) is 0 Å². The van der Waals surface area contributed by atoms with E-state index in [1.54, 1.807) is 38.1 Å². The second-order valence-corrected chi connectivity index (χ2v) is 7.43. The molecule has 0 bridgehead atoms. The van der Waals surface area contributed by atoms with Gasteiger partial charge in [0.2, 0.25) is 0 Å². The topological polar surface area (TPSA) is 136 Å². The Morgan fingerprint density at radius 1 is 1.07 bits per heavy atom. The third-order valence-corrected chi connectivity index (χ3v) is 5.12. The van der Waals surface area contributed by atoms with E-state index in [9.17, 15) is 22.5 Å². The molecule has 160 valence electrons. The number of halogens is 3. The molecule has 0 spiro atoms. The van der Waals surface area contributed by atoms with Gasteiger partial charge in [0.15, 0.2) is 0 Å². The molecule has 0 aromatic heterocycles. The smallest absolute Gasteiger partial charge is 0.480 e. The average molecular weight is 429 g/mol. The molecule has 0 aliphatic rings. The minimum Gasteiger partial charge on any atom is -0.480 e. The molecule has 0 amide bonds. The minimum atomic E-state index is -5.08. The van der Waals surface area contributed by atoms with Crippen LogP contribution in [0.25, 0.3) is 0 Å². The molecule has 0 heterocycles. The maximum Gasteiger partial charge on any atom is 0.490 e. The van der Waals surface area contributed by atoms with E-state index in [0.29, 0.717) is 13.2 Å². The second-order valence-electron chi connectivity index (χ2n) is 5.37. The van der Waals surface area contributed by atoms with Gasteiger partial charge in [0.05, 0.1) is 19.4 Å². The normalized spacial score (nSPS) is 12.6. The fraction of sp³-hybridized carbons (Fsp3) is 0.500. The molecular formula is C16H23F3NO7P. The molecule has 1 aromatic rings.